The summed E-state index contributed by atoms with van der Waals surface area (Å²) >= 11 is 8.54. The van der Waals surface area contributed by atoms with Gasteiger partial charge >= 0.3 is 0 Å². The smallest absolute Gasteiger partial charge is 0.123 e. The Labute approximate surface area is 94.0 Å². The number of nitrogens with zero attached hydrogens (tertiary/aromatic N) is 2. The van der Waals surface area contributed by atoms with E-state index in [0.717, 1.165) is 5.01 Å². The second-order valence-corrected chi connectivity index (χ2v) is 5.32. The molecule has 0 spiro atoms. The van der Waals surface area contributed by atoms with Crippen LogP contribution in [0.3, 0.4) is 0 Å². The van der Waals surface area contributed by atoms with Gasteiger partial charge < -0.3 is 5.11 Å². The molecule has 0 saturated carbocycles. The van der Waals surface area contributed by atoms with Crippen molar-refractivity contribution in [3.05, 3.63) is 32.1 Å². The average molecular weight is 247 g/mol. The van der Waals surface area contributed by atoms with E-state index in [1.807, 2.05) is 5.38 Å². The van der Waals surface area contributed by atoms with Gasteiger partial charge in [0.2, 0.25) is 0 Å². The lowest BCUT2D eigenvalue weighted by atomic mass is 10.3. The molecule has 6 heteroatoms. The fourth-order valence-corrected chi connectivity index (χ4v) is 2.60. The minimum atomic E-state index is -0.598. The summed E-state index contributed by atoms with van der Waals surface area (Å²) in [6, 6.07) is 0. The zero-order valence-corrected chi connectivity index (χ0v) is 9.44. The monoisotopic (exact) mass is 246 g/mol. The molecule has 2 rings (SSSR count). The molecule has 0 saturated heterocycles. The van der Waals surface area contributed by atoms with Crippen molar-refractivity contribution in [1.29, 1.82) is 0 Å². The number of aromatic nitrogens is 2. The Morgan fingerprint density at radius 2 is 2.36 bits per heavy atom. The van der Waals surface area contributed by atoms with Gasteiger partial charge in [0, 0.05) is 18.0 Å². The molecule has 0 radical (unpaired) electrons. The fraction of sp³-hybridized carbons (Fsp3) is 0.250. The van der Waals surface area contributed by atoms with Crippen LogP contribution in [0.15, 0.2) is 17.8 Å². The van der Waals surface area contributed by atoms with Crippen molar-refractivity contribution >= 4 is 34.3 Å². The highest BCUT2D eigenvalue weighted by atomic mass is 35.5. The lowest BCUT2D eigenvalue weighted by Gasteiger charge is -2.03. The van der Waals surface area contributed by atoms with Crippen LogP contribution in [0.4, 0.5) is 0 Å². The molecule has 0 fully saturated rings. The average Bonchev–Trinajstić information content (AvgIpc) is 2.75. The van der Waals surface area contributed by atoms with Crippen LogP contribution >= 0.6 is 34.3 Å². The Bertz CT molecular complexity index is 401. The molecule has 1 unspecified atom stereocenters. The molecule has 0 aliphatic rings. The van der Waals surface area contributed by atoms with Gasteiger partial charge in [-0.05, 0) is 0 Å². The molecule has 2 aromatic rings. The van der Waals surface area contributed by atoms with Gasteiger partial charge in [-0.15, -0.1) is 22.7 Å². The molecular formula is C8H7ClN2OS2. The number of thiazole rings is 2. The van der Waals surface area contributed by atoms with Crippen LogP contribution in [-0.4, -0.2) is 15.1 Å². The van der Waals surface area contributed by atoms with E-state index in [-0.39, 0.29) is 0 Å². The van der Waals surface area contributed by atoms with Gasteiger partial charge in [0.05, 0.1) is 11.2 Å². The van der Waals surface area contributed by atoms with Crippen LogP contribution in [-0.2, 0) is 6.42 Å². The van der Waals surface area contributed by atoms with E-state index in [9.17, 15) is 5.11 Å². The zero-order chi connectivity index (χ0) is 9.97. The highest BCUT2D eigenvalue weighted by molar-refractivity contribution is 7.15. The number of aliphatic hydroxyl groups excluding tert-OH is 1. The molecule has 0 bridgehead atoms. The summed E-state index contributed by atoms with van der Waals surface area (Å²) in [5, 5.41) is 13.2. The molecule has 74 valence electrons. The van der Waals surface area contributed by atoms with E-state index in [1.54, 1.807) is 12.4 Å². The van der Waals surface area contributed by atoms with Gasteiger partial charge in [0.15, 0.2) is 0 Å². The van der Waals surface area contributed by atoms with Gasteiger partial charge in [0.1, 0.15) is 15.4 Å². The number of hydrogen-bond donors (Lipinski definition) is 1. The first-order chi connectivity index (χ1) is 6.75. The van der Waals surface area contributed by atoms with Crippen LogP contribution in [0, 0.1) is 0 Å². The van der Waals surface area contributed by atoms with Crippen molar-refractivity contribution in [3.8, 4) is 0 Å². The Hall–Kier alpha value is -0.490. The molecule has 2 aromatic heterocycles. The van der Waals surface area contributed by atoms with Gasteiger partial charge in [-0.2, -0.15) is 0 Å². The topological polar surface area (TPSA) is 46.0 Å². The highest BCUT2D eigenvalue weighted by Crippen LogP contribution is 2.26. The first kappa shape index (κ1) is 10.0. The lowest BCUT2D eigenvalue weighted by Crippen LogP contribution is -2.00. The van der Waals surface area contributed by atoms with Gasteiger partial charge in [-0.25, -0.2) is 9.97 Å². The molecule has 1 N–H and O–H groups in total. The Balaban J connectivity index is 2.06. The molecule has 0 amide bonds. The molecule has 0 aliphatic carbocycles. The summed E-state index contributed by atoms with van der Waals surface area (Å²) in [4.78, 5) is 8.10. The zero-order valence-electron chi connectivity index (χ0n) is 7.05. The minimum absolute atomic E-state index is 0.501. The molecule has 1 atom stereocenters. The maximum absolute atomic E-state index is 9.76. The van der Waals surface area contributed by atoms with Gasteiger partial charge in [-0.3, -0.25) is 0 Å². The Morgan fingerprint density at radius 1 is 1.50 bits per heavy atom. The predicted molar refractivity (Wildman–Crippen MR) is 57.9 cm³/mol. The molecule has 14 heavy (non-hydrogen) atoms. The third kappa shape index (κ3) is 2.30. The van der Waals surface area contributed by atoms with E-state index in [4.69, 9.17) is 11.6 Å². The second-order valence-electron chi connectivity index (χ2n) is 2.65. The molecule has 3 nitrogen and oxygen atoms in total. The normalized spacial score (nSPS) is 13.0. The van der Waals surface area contributed by atoms with Gasteiger partial charge in [0.25, 0.3) is 0 Å². The number of hydrogen-bond acceptors (Lipinski definition) is 5. The lowest BCUT2D eigenvalue weighted by molar-refractivity contribution is 0.178. The Morgan fingerprint density at radius 3 is 2.93 bits per heavy atom. The predicted octanol–water partition coefficient (Wildman–Crippen LogP) is 2.53. The minimum Gasteiger partial charge on any atom is -0.385 e. The quantitative estimate of drug-likeness (QED) is 0.905. The fourth-order valence-electron chi connectivity index (χ4n) is 1.03. The maximum atomic E-state index is 9.76. The molecule has 2 heterocycles. The summed E-state index contributed by atoms with van der Waals surface area (Å²) in [5.41, 5.74) is 0. The van der Waals surface area contributed by atoms with Crippen LogP contribution in [0.2, 0.25) is 4.34 Å². The summed E-state index contributed by atoms with van der Waals surface area (Å²) < 4.78 is 0.596. The van der Waals surface area contributed by atoms with E-state index in [0.29, 0.717) is 15.8 Å². The first-order valence-corrected chi connectivity index (χ1v) is 6.01. The molecular weight excluding hydrogens is 240 g/mol. The third-order valence-electron chi connectivity index (χ3n) is 1.63. The highest BCUT2D eigenvalue weighted by Gasteiger charge is 2.13. The van der Waals surface area contributed by atoms with Crippen LogP contribution in [0.25, 0.3) is 0 Å². The van der Waals surface area contributed by atoms with E-state index in [2.05, 4.69) is 9.97 Å². The van der Waals surface area contributed by atoms with Crippen molar-refractivity contribution in [1.82, 2.24) is 9.97 Å². The summed E-state index contributed by atoms with van der Waals surface area (Å²) in [6.07, 6.45) is 3.18. The van der Waals surface area contributed by atoms with Crippen molar-refractivity contribution in [2.75, 3.05) is 0 Å². The summed E-state index contributed by atoms with van der Waals surface area (Å²) in [6.45, 7) is 0. The first-order valence-electron chi connectivity index (χ1n) is 3.93. The standard InChI is InChI=1S/C8H7ClN2OS2/c9-6-4-11-8(14-6)5(12)3-7-10-1-2-13-7/h1-2,4-5,12H,3H2. The summed E-state index contributed by atoms with van der Waals surface area (Å²) in [5.74, 6) is 0. The SMILES string of the molecule is OC(Cc1nccs1)c1ncc(Cl)s1. The Kier molecular flexibility index (Phi) is 3.12. The van der Waals surface area contributed by atoms with Crippen LogP contribution < -0.4 is 0 Å². The van der Waals surface area contributed by atoms with E-state index in [1.165, 1.54) is 22.7 Å². The number of rotatable bonds is 3. The molecule has 0 aromatic carbocycles. The van der Waals surface area contributed by atoms with E-state index >= 15 is 0 Å². The van der Waals surface area contributed by atoms with Crippen LogP contribution in [0.1, 0.15) is 16.1 Å². The van der Waals surface area contributed by atoms with Crippen molar-refractivity contribution in [2.24, 2.45) is 0 Å². The summed E-state index contributed by atoms with van der Waals surface area (Å²) in [7, 11) is 0. The van der Waals surface area contributed by atoms with Crippen molar-refractivity contribution < 1.29 is 5.11 Å². The largest absolute Gasteiger partial charge is 0.385 e. The second kappa shape index (κ2) is 4.35. The van der Waals surface area contributed by atoms with Crippen molar-refractivity contribution in [3.63, 3.8) is 0 Å². The van der Waals surface area contributed by atoms with E-state index < -0.39 is 6.10 Å². The third-order valence-corrected chi connectivity index (χ3v) is 3.65. The maximum Gasteiger partial charge on any atom is 0.123 e. The number of aliphatic hydroxyl groups is 1. The molecule has 0 aliphatic heterocycles. The van der Waals surface area contributed by atoms with Crippen molar-refractivity contribution in [2.45, 2.75) is 12.5 Å². The van der Waals surface area contributed by atoms with Crippen LogP contribution in [0.5, 0.6) is 0 Å². The number of halogens is 1. The van der Waals surface area contributed by atoms with Gasteiger partial charge in [-0.1, -0.05) is 11.6 Å².